The van der Waals surface area contributed by atoms with E-state index in [1.165, 1.54) is 0 Å². The van der Waals surface area contributed by atoms with Gasteiger partial charge in [0.15, 0.2) is 0 Å². The molecule has 0 aliphatic carbocycles. The summed E-state index contributed by atoms with van der Waals surface area (Å²) in [5.41, 5.74) is 0. The summed E-state index contributed by atoms with van der Waals surface area (Å²) < 4.78 is 21.8. The number of hydroxylamine groups is 2. The summed E-state index contributed by atoms with van der Waals surface area (Å²) in [6.07, 6.45) is 0.902. The maximum Gasteiger partial charge on any atom is 1.00 e. The minimum atomic E-state index is -0.527. The van der Waals surface area contributed by atoms with Crippen molar-refractivity contribution in [3.05, 3.63) is 6.42 Å². The summed E-state index contributed by atoms with van der Waals surface area (Å²) in [5.74, 6) is 5.12. The van der Waals surface area contributed by atoms with E-state index in [2.05, 4.69) is 0 Å². The van der Waals surface area contributed by atoms with Crippen LogP contribution in [0.5, 0.6) is 0 Å². The Kier molecular flexibility index (Phi) is 10.6. The van der Waals surface area contributed by atoms with Gasteiger partial charge in [-0.1, -0.05) is 0 Å². The summed E-state index contributed by atoms with van der Waals surface area (Å²) in [6, 6.07) is -1.00. The second-order valence-corrected chi connectivity index (χ2v) is 5.97. The Morgan fingerprint density at radius 1 is 1.12 bits per heavy atom. The molecule has 25 heavy (non-hydrogen) atoms. The Labute approximate surface area is 165 Å². The van der Waals surface area contributed by atoms with Crippen molar-refractivity contribution in [1.82, 2.24) is 5.06 Å². The molecule has 2 heterocycles. The topological polar surface area (TPSA) is 84.6 Å². The van der Waals surface area contributed by atoms with Gasteiger partial charge in [-0.2, -0.15) is 5.06 Å². The maximum atomic E-state index is 5.94. The van der Waals surface area contributed by atoms with E-state index in [9.17, 15) is 0 Å². The van der Waals surface area contributed by atoms with Gasteiger partial charge in [0.25, 0.3) is 0 Å². The molecule has 0 spiro atoms. The maximum absolute atomic E-state index is 5.94. The van der Waals surface area contributed by atoms with Crippen LogP contribution in [-0.2, 0) is 48.4 Å². The number of ether oxygens (including phenoxy) is 4. The SMILES string of the molecule is [B][C@@H]1OC(CON)[C@@H](CN(C)OCC2[CH-][C@@H](OC)[C@H]([B])O2)[C@H]1OC.[Os+]. The van der Waals surface area contributed by atoms with E-state index >= 15 is 0 Å². The fourth-order valence-corrected chi connectivity index (χ4v) is 3.13. The van der Waals surface area contributed by atoms with Crippen LogP contribution in [0.2, 0.25) is 0 Å². The molecule has 2 unspecified atom stereocenters. The Morgan fingerprint density at radius 3 is 2.40 bits per heavy atom. The second-order valence-electron chi connectivity index (χ2n) is 5.97. The molecule has 7 atom stereocenters. The van der Waals surface area contributed by atoms with Crippen molar-refractivity contribution >= 4 is 15.7 Å². The standard InChI is InChI=1S/C14H25B2N2O6.Os/c1-18(22-6-8-4-10(19-2)13(15)23-8)5-9-11(7-21-17)24-14(16)12(9)20-3;/h4,8-14H,5-7,17H2,1-3H3;/q-1;+1/t8?,9-,10-,11?,12-,13-,14-;/m1./s1. The van der Waals surface area contributed by atoms with Gasteiger partial charge in [0.1, 0.15) is 15.7 Å². The number of nitrogens with two attached hydrogens (primary N) is 1. The van der Waals surface area contributed by atoms with Crippen LogP contribution in [0.1, 0.15) is 0 Å². The summed E-state index contributed by atoms with van der Waals surface area (Å²) in [7, 11) is 16.7. The zero-order valence-electron chi connectivity index (χ0n) is 14.7. The Balaban J connectivity index is 0.00000312. The predicted molar refractivity (Wildman–Crippen MR) is 86.9 cm³/mol. The van der Waals surface area contributed by atoms with Crippen molar-refractivity contribution in [3.63, 3.8) is 0 Å². The fourth-order valence-electron chi connectivity index (χ4n) is 3.13. The molecule has 0 aromatic rings. The first-order valence-electron chi connectivity index (χ1n) is 7.88. The van der Waals surface area contributed by atoms with Gasteiger partial charge in [-0.15, -0.1) is 0 Å². The Hall–Kier alpha value is 0.446. The van der Waals surface area contributed by atoms with Gasteiger partial charge in [-0.25, -0.2) is 5.90 Å². The molecule has 0 bridgehead atoms. The first kappa shape index (κ1) is 23.5. The molecule has 0 aromatic carbocycles. The minimum Gasteiger partial charge on any atom is -0.414 e. The van der Waals surface area contributed by atoms with Gasteiger partial charge < -0.3 is 23.8 Å². The van der Waals surface area contributed by atoms with Crippen LogP contribution in [0.15, 0.2) is 0 Å². The van der Waals surface area contributed by atoms with Gasteiger partial charge in [-0.3, -0.25) is 11.3 Å². The number of rotatable bonds is 9. The van der Waals surface area contributed by atoms with E-state index < -0.39 is 12.0 Å². The zero-order chi connectivity index (χ0) is 17.7. The molecule has 2 aliphatic heterocycles. The Morgan fingerprint density at radius 2 is 1.84 bits per heavy atom. The van der Waals surface area contributed by atoms with Crippen LogP contribution in [0.4, 0.5) is 0 Å². The van der Waals surface area contributed by atoms with Crippen molar-refractivity contribution in [3.8, 4) is 0 Å². The third-order valence-corrected chi connectivity index (χ3v) is 4.35. The number of hydrogen-bond donors (Lipinski definition) is 1. The molecule has 11 heteroatoms. The minimum absolute atomic E-state index is 0. The van der Waals surface area contributed by atoms with Crippen LogP contribution in [-0.4, -0.2) is 98.2 Å². The average molecular weight is 529 g/mol. The average Bonchev–Trinajstić information content (AvgIpc) is 3.05. The molecule has 0 aromatic heterocycles. The van der Waals surface area contributed by atoms with Crippen molar-refractivity contribution < 1.29 is 48.4 Å². The smallest absolute Gasteiger partial charge is 0.414 e. The fraction of sp³-hybridized carbons (Fsp3) is 0.929. The molecule has 2 fully saturated rings. The number of methoxy groups -OCH3 is 2. The third-order valence-electron chi connectivity index (χ3n) is 4.35. The van der Waals surface area contributed by atoms with Crippen LogP contribution in [0.25, 0.3) is 0 Å². The number of hydrogen-bond acceptors (Lipinski definition) is 8. The van der Waals surface area contributed by atoms with Crippen LogP contribution >= 0.6 is 0 Å². The molecule has 2 saturated heterocycles. The molecular weight excluding hydrogens is 504 g/mol. The van der Waals surface area contributed by atoms with Gasteiger partial charge in [0.05, 0.1) is 25.4 Å². The van der Waals surface area contributed by atoms with Gasteiger partial charge in [-0.05, 0) is 12.2 Å². The van der Waals surface area contributed by atoms with E-state index in [1.54, 1.807) is 19.3 Å². The molecule has 2 aliphatic rings. The first-order chi connectivity index (χ1) is 11.5. The molecule has 2 N–H and O–H groups in total. The molecule has 141 valence electrons. The molecule has 0 saturated carbocycles. The second kappa shape index (κ2) is 11.3. The van der Waals surface area contributed by atoms with E-state index in [1.807, 2.05) is 13.5 Å². The first-order valence-corrected chi connectivity index (χ1v) is 7.88. The molecule has 8 nitrogen and oxygen atoms in total. The summed E-state index contributed by atoms with van der Waals surface area (Å²) in [4.78, 5) is 10.4. The molecular formula is C14H25B2N2O6Os. The van der Waals surface area contributed by atoms with Crippen molar-refractivity contribution in [2.75, 3.05) is 41.0 Å². The zero-order valence-corrected chi connectivity index (χ0v) is 17.3. The summed E-state index contributed by atoms with van der Waals surface area (Å²) in [5, 5.41) is 1.70. The molecule has 2 rings (SSSR count). The molecule has 0 amide bonds. The quantitative estimate of drug-likeness (QED) is 0.217. The summed E-state index contributed by atoms with van der Waals surface area (Å²) >= 11 is 0. The third kappa shape index (κ3) is 6.23. The summed E-state index contributed by atoms with van der Waals surface area (Å²) in [6.45, 7) is 1.10. The largest absolute Gasteiger partial charge is 1.00 e. The van der Waals surface area contributed by atoms with Crippen molar-refractivity contribution in [2.24, 2.45) is 11.8 Å². The van der Waals surface area contributed by atoms with Gasteiger partial charge >= 0.3 is 19.8 Å². The normalized spacial score (nSPS) is 38.2. The van der Waals surface area contributed by atoms with E-state index in [0.717, 1.165) is 0 Å². The molecule has 5 radical (unpaired) electrons. The van der Waals surface area contributed by atoms with Crippen molar-refractivity contribution in [1.29, 1.82) is 0 Å². The van der Waals surface area contributed by atoms with Crippen molar-refractivity contribution in [2.45, 2.75) is 36.4 Å². The van der Waals surface area contributed by atoms with E-state index in [0.29, 0.717) is 13.2 Å². The monoisotopic (exact) mass is 531 g/mol. The van der Waals surface area contributed by atoms with Crippen LogP contribution in [0, 0.1) is 12.3 Å². The number of nitrogens with zero attached hydrogens (tertiary/aromatic N) is 1. The van der Waals surface area contributed by atoms with Crippen LogP contribution < -0.4 is 5.90 Å². The Bertz CT molecular complexity index is 389. The van der Waals surface area contributed by atoms with E-state index in [4.69, 9.17) is 50.2 Å². The van der Waals surface area contributed by atoms with Gasteiger partial charge in [0, 0.05) is 45.7 Å². The van der Waals surface area contributed by atoms with E-state index in [-0.39, 0.29) is 56.7 Å². The van der Waals surface area contributed by atoms with Gasteiger partial charge in [0.2, 0.25) is 0 Å². The van der Waals surface area contributed by atoms with Crippen LogP contribution in [0.3, 0.4) is 0 Å². The predicted octanol–water partition coefficient (Wildman–Crippen LogP) is -1.63.